The number of rotatable bonds is 1. The van der Waals surface area contributed by atoms with Crippen LogP contribution in [0.4, 0.5) is 15.3 Å². The highest BCUT2D eigenvalue weighted by molar-refractivity contribution is 6.23. The quantitative estimate of drug-likeness (QED) is 0.748. The summed E-state index contributed by atoms with van der Waals surface area (Å²) in [4.78, 5) is 41.0. The van der Waals surface area contributed by atoms with E-state index in [2.05, 4.69) is 5.32 Å². The summed E-state index contributed by atoms with van der Waals surface area (Å²) in [5, 5.41) is 4.89. The molecule has 0 bridgehead atoms. The van der Waals surface area contributed by atoms with Gasteiger partial charge in [-0.1, -0.05) is 30.3 Å². The van der Waals surface area contributed by atoms with E-state index in [4.69, 9.17) is 4.74 Å². The normalized spacial score (nSPS) is 19.0. The fraction of sp³-hybridized carbons (Fsp3) is 0.409. The number of piperidine rings is 1. The molecule has 152 valence electrons. The Kier molecular flexibility index (Phi) is 4.48. The fourth-order valence-corrected chi connectivity index (χ4v) is 3.91. The van der Waals surface area contributed by atoms with Gasteiger partial charge >= 0.3 is 12.1 Å². The van der Waals surface area contributed by atoms with E-state index < -0.39 is 23.3 Å². The smallest absolute Gasteiger partial charge is 0.410 e. The summed E-state index contributed by atoms with van der Waals surface area (Å²) in [5.41, 5.74) is -0.991. The second-order valence-electron chi connectivity index (χ2n) is 8.65. The lowest BCUT2D eigenvalue weighted by Gasteiger charge is -2.37. The molecule has 0 unspecified atom stereocenters. The topological polar surface area (TPSA) is 79.0 Å². The van der Waals surface area contributed by atoms with Gasteiger partial charge in [0.2, 0.25) is 0 Å². The second-order valence-corrected chi connectivity index (χ2v) is 8.65. The first-order chi connectivity index (χ1) is 13.7. The van der Waals surface area contributed by atoms with Gasteiger partial charge in [0.25, 0.3) is 5.91 Å². The number of hydrogen-bond acceptors (Lipinski definition) is 4. The minimum absolute atomic E-state index is 0.262. The first-order valence-corrected chi connectivity index (χ1v) is 9.82. The van der Waals surface area contributed by atoms with Gasteiger partial charge in [-0.25, -0.2) is 14.5 Å². The van der Waals surface area contributed by atoms with Gasteiger partial charge in [-0.2, -0.15) is 0 Å². The molecule has 2 fully saturated rings. The molecule has 0 radical (unpaired) electrons. The minimum Gasteiger partial charge on any atom is -0.444 e. The average molecular weight is 395 g/mol. The molecule has 2 aromatic rings. The third-order valence-corrected chi connectivity index (χ3v) is 5.42. The second kappa shape index (κ2) is 6.76. The molecular formula is C22H25N3O4. The summed E-state index contributed by atoms with van der Waals surface area (Å²) in [6, 6.07) is 12.9. The first kappa shape index (κ1) is 19.2. The Morgan fingerprint density at radius 1 is 1.03 bits per heavy atom. The predicted octanol–water partition coefficient (Wildman–Crippen LogP) is 3.67. The van der Waals surface area contributed by atoms with E-state index in [0.717, 1.165) is 10.8 Å². The maximum absolute atomic E-state index is 13.2. The van der Waals surface area contributed by atoms with E-state index in [0.29, 0.717) is 31.6 Å². The molecule has 2 aliphatic heterocycles. The predicted molar refractivity (Wildman–Crippen MR) is 110 cm³/mol. The van der Waals surface area contributed by atoms with Crippen molar-refractivity contribution in [2.45, 2.75) is 44.8 Å². The van der Waals surface area contributed by atoms with Crippen molar-refractivity contribution in [1.29, 1.82) is 0 Å². The van der Waals surface area contributed by atoms with Crippen molar-refractivity contribution >= 4 is 34.5 Å². The van der Waals surface area contributed by atoms with Gasteiger partial charge in [-0.15, -0.1) is 0 Å². The van der Waals surface area contributed by atoms with Crippen molar-refractivity contribution < 1.29 is 19.1 Å². The lowest BCUT2D eigenvalue weighted by atomic mass is 9.87. The van der Waals surface area contributed by atoms with E-state index in [-0.39, 0.29) is 5.91 Å². The number of likely N-dealkylation sites (tertiary alicyclic amines) is 1. The monoisotopic (exact) mass is 395 g/mol. The summed E-state index contributed by atoms with van der Waals surface area (Å²) in [6.45, 7) is 6.16. The van der Waals surface area contributed by atoms with Crippen molar-refractivity contribution in [2.24, 2.45) is 0 Å². The molecule has 7 nitrogen and oxygen atoms in total. The minimum atomic E-state index is -0.971. The molecule has 1 spiro atoms. The Bertz CT molecular complexity index is 987. The van der Waals surface area contributed by atoms with Gasteiger partial charge < -0.3 is 15.0 Å². The SMILES string of the molecule is CC(C)(C)OC(=O)N1CCC2(CC1)NC(=O)N(c1ccc3ccccc3c1)C2=O. The molecular weight excluding hydrogens is 370 g/mol. The maximum Gasteiger partial charge on any atom is 0.410 e. The number of carbonyl (C=O) groups is 3. The van der Waals surface area contributed by atoms with Gasteiger partial charge in [0, 0.05) is 13.1 Å². The van der Waals surface area contributed by atoms with Crippen LogP contribution >= 0.6 is 0 Å². The summed E-state index contributed by atoms with van der Waals surface area (Å²) in [6.07, 6.45) is 0.331. The van der Waals surface area contributed by atoms with Crippen molar-refractivity contribution in [3.05, 3.63) is 42.5 Å². The number of carbonyl (C=O) groups excluding carboxylic acids is 3. The van der Waals surface area contributed by atoms with Crippen LogP contribution in [0.1, 0.15) is 33.6 Å². The number of nitrogens with one attached hydrogen (secondary N) is 1. The van der Waals surface area contributed by atoms with E-state index in [1.54, 1.807) is 11.0 Å². The number of fused-ring (bicyclic) bond motifs is 1. The van der Waals surface area contributed by atoms with Gasteiger partial charge in [0.15, 0.2) is 0 Å². The van der Waals surface area contributed by atoms with Crippen molar-refractivity contribution in [3.63, 3.8) is 0 Å². The van der Waals surface area contributed by atoms with E-state index in [1.165, 1.54) is 4.90 Å². The molecule has 7 heteroatoms. The van der Waals surface area contributed by atoms with Crippen LogP contribution in [0.15, 0.2) is 42.5 Å². The molecule has 0 aliphatic carbocycles. The van der Waals surface area contributed by atoms with Crippen LogP contribution in [-0.2, 0) is 9.53 Å². The third-order valence-electron chi connectivity index (χ3n) is 5.42. The third kappa shape index (κ3) is 3.52. The van der Waals surface area contributed by atoms with E-state index >= 15 is 0 Å². The fourth-order valence-electron chi connectivity index (χ4n) is 3.91. The van der Waals surface area contributed by atoms with Gasteiger partial charge in [0.05, 0.1) is 5.69 Å². The standard InChI is InChI=1S/C22H25N3O4/c1-21(2,3)29-20(28)24-12-10-22(11-13-24)18(26)25(19(27)23-22)17-9-8-15-6-4-5-7-16(15)14-17/h4-9,14H,10-13H2,1-3H3,(H,23,27). The molecule has 0 saturated carbocycles. The van der Waals surface area contributed by atoms with Crippen LogP contribution in [0, 0.1) is 0 Å². The van der Waals surface area contributed by atoms with Crippen LogP contribution in [0.3, 0.4) is 0 Å². The number of urea groups is 1. The summed E-state index contributed by atoms with van der Waals surface area (Å²) in [5.74, 6) is -0.262. The van der Waals surface area contributed by atoms with Crippen LogP contribution < -0.4 is 10.2 Å². The molecule has 29 heavy (non-hydrogen) atoms. The zero-order valence-corrected chi connectivity index (χ0v) is 16.9. The number of nitrogens with zero attached hydrogens (tertiary/aromatic N) is 2. The molecule has 2 heterocycles. The number of amides is 4. The molecule has 2 aliphatic rings. The summed E-state index contributed by atoms with van der Waals surface area (Å²) in [7, 11) is 0. The number of imide groups is 1. The van der Waals surface area contributed by atoms with Gasteiger partial charge in [-0.05, 0) is 56.5 Å². The number of hydrogen-bond donors (Lipinski definition) is 1. The Hall–Kier alpha value is -3.09. The highest BCUT2D eigenvalue weighted by Gasteiger charge is 2.53. The van der Waals surface area contributed by atoms with Crippen molar-refractivity contribution in [2.75, 3.05) is 18.0 Å². The van der Waals surface area contributed by atoms with Crippen LogP contribution in [0.25, 0.3) is 10.8 Å². The molecule has 0 aromatic heterocycles. The van der Waals surface area contributed by atoms with Crippen LogP contribution in [0.5, 0.6) is 0 Å². The molecule has 0 atom stereocenters. The summed E-state index contributed by atoms with van der Waals surface area (Å²) < 4.78 is 5.41. The first-order valence-electron chi connectivity index (χ1n) is 9.82. The van der Waals surface area contributed by atoms with Gasteiger partial charge in [-0.3, -0.25) is 4.79 Å². The Labute approximate surface area is 169 Å². The van der Waals surface area contributed by atoms with E-state index in [9.17, 15) is 14.4 Å². The van der Waals surface area contributed by atoms with Crippen molar-refractivity contribution in [1.82, 2.24) is 10.2 Å². The number of anilines is 1. The number of ether oxygens (including phenoxy) is 1. The average Bonchev–Trinajstić information content (AvgIpc) is 2.90. The highest BCUT2D eigenvalue weighted by atomic mass is 16.6. The lowest BCUT2D eigenvalue weighted by Crippen LogP contribution is -2.56. The highest BCUT2D eigenvalue weighted by Crippen LogP contribution is 2.34. The molecule has 2 aromatic carbocycles. The largest absolute Gasteiger partial charge is 0.444 e. The number of benzene rings is 2. The Morgan fingerprint density at radius 2 is 1.69 bits per heavy atom. The summed E-state index contributed by atoms with van der Waals surface area (Å²) >= 11 is 0. The zero-order valence-electron chi connectivity index (χ0n) is 16.9. The molecule has 2 saturated heterocycles. The Balaban J connectivity index is 1.52. The maximum atomic E-state index is 13.2. The molecule has 1 N–H and O–H groups in total. The van der Waals surface area contributed by atoms with E-state index in [1.807, 2.05) is 57.2 Å². The molecule has 4 amide bonds. The van der Waals surface area contributed by atoms with Gasteiger partial charge in [0.1, 0.15) is 11.1 Å². The van der Waals surface area contributed by atoms with Crippen molar-refractivity contribution in [3.8, 4) is 0 Å². The van der Waals surface area contributed by atoms with Crippen LogP contribution in [0.2, 0.25) is 0 Å². The Morgan fingerprint density at radius 3 is 2.34 bits per heavy atom. The zero-order chi connectivity index (χ0) is 20.8. The lowest BCUT2D eigenvalue weighted by molar-refractivity contribution is -0.123. The molecule has 4 rings (SSSR count). The van der Waals surface area contributed by atoms with Crippen LogP contribution in [-0.4, -0.2) is 47.2 Å².